The van der Waals surface area contributed by atoms with Gasteiger partial charge in [0.2, 0.25) is 5.91 Å². The summed E-state index contributed by atoms with van der Waals surface area (Å²) in [4.78, 5) is 23.9. The molecule has 0 aliphatic carbocycles. The number of carbonyl (C=O) groups is 2. The summed E-state index contributed by atoms with van der Waals surface area (Å²) >= 11 is 0. The van der Waals surface area contributed by atoms with Crippen molar-refractivity contribution in [2.24, 2.45) is 5.92 Å². The number of alkyl halides is 3. The summed E-state index contributed by atoms with van der Waals surface area (Å²) in [6.45, 7) is 1.31. The highest BCUT2D eigenvalue weighted by Crippen LogP contribution is 2.30. The first kappa shape index (κ1) is 15.8. The SMILES string of the molecule is CC(CC(=O)N1CCCCC1CC(=O)O)C(F)(F)F. The Morgan fingerprint density at radius 3 is 2.53 bits per heavy atom. The third-order valence-electron chi connectivity index (χ3n) is 3.40. The fourth-order valence-electron chi connectivity index (χ4n) is 2.24. The summed E-state index contributed by atoms with van der Waals surface area (Å²) in [5.41, 5.74) is 0. The van der Waals surface area contributed by atoms with E-state index in [0.29, 0.717) is 19.4 Å². The van der Waals surface area contributed by atoms with Gasteiger partial charge in [-0.3, -0.25) is 9.59 Å². The lowest BCUT2D eigenvalue weighted by Crippen LogP contribution is -2.45. The molecule has 0 saturated carbocycles. The molecular weight excluding hydrogens is 263 g/mol. The van der Waals surface area contributed by atoms with E-state index in [1.807, 2.05) is 0 Å². The Bertz CT molecular complexity index is 344. The Balaban J connectivity index is 2.64. The predicted molar refractivity (Wildman–Crippen MR) is 61.4 cm³/mol. The number of carbonyl (C=O) groups excluding carboxylic acids is 1. The van der Waals surface area contributed by atoms with Crippen molar-refractivity contribution in [2.45, 2.75) is 51.2 Å². The van der Waals surface area contributed by atoms with Gasteiger partial charge in [-0.2, -0.15) is 13.2 Å². The third kappa shape index (κ3) is 4.72. The van der Waals surface area contributed by atoms with Crippen LogP contribution in [0.4, 0.5) is 13.2 Å². The first-order chi connectivity index (χ1) is 8.71. The van der Waals surface area contributed by atoms with Gasteiger partial charge in [0.25, 0.3) is 0 Å². The third-order valence-corrected chi connectivity index (χ3v) is 3.40. The fraction of sp³-hybridized carbons (Fsp3) is 0.833. The molecule has 0 radical (unpaired) electrons. The number of aliphatic carboxylic acids is 1. The summed E-state index contributed by atoms with van der Waals surface area (Å²) < 4.78 is 37.3. The lowest BCUT2D eigenvalue weighted by Gasteiger charge is -2.35. The summed E-state index contributed by atoms with van der Waals surface area (Å²) in [6, 6.07) is -0.473. The standard InChI is InChI=1S/C12H18F3NO3/c1-8(12(13,14)15)6-10(17)16-5-3-2-4-9(16)7-11(18)19/h8-9H,2-7H2,1H3,(H,18,19). The van der Waals surface area contributed by atoms with Crippen molar-refractivity contribution in [1.29, 1.82) is 0 Å². The maximum Gasteiger partial charge on any atom is 0.392 e. The number of carboxylic acids is 1. The first-order valence-electron chi connectivity index (χ1n) is 6.29. The number of hydrogen-bond donors (Lipinski definition) is 1. The second kappa shape index (κ2) is 6.25. The minimum atomic E-state index is -4.40. The minimum Gasteiger partial charge on any atom is -0.481 e. The number of rotatable bonds is 4. The summed E-state index contributed by atoms with van der Waals surface area (Å²) in [6.07, 6.45) is -3.16. The van der Waals surface area contributed by atoms with Crippen LogP contribution < -0.4 is 0 Å². The van der Waals surface area contributed by atoms with Crippen LogP contribution in [0.2, 0.25) is 0 Å². The Labute approximate surface area is 109 Å². The van der Waals surface area contributed by atoms with Crippen LogP contribution in [0, 0.1) is 5.92 Å². The number of likely N-dealkylation sites (tertiary alicyclic amines) is 1. The molecule has 0 bridgehead atoms. The van der Waals surface area contributed by atoms with Crippen molar-refractivity contribution < 1.29 is 27.9 Å². The average molecular weight is 281 g/mol. The van der Waals surface area contributed by atoms with Crippen molar-refractivity contribution in [3.05, 3.63) is 0 Å². The zero-order valence-electron chi connectivity index (χ0n) is 10.7. The van der Waals surface area contributed by atoms with E-state index in [1.165, 1.54) is 4.90 Å². The second-order valence-corrected chi connectivity index (χ2v) is 4.98. The zero-order chi connectivity index (χ0) is 14.6. The van der Waals surface area contributed by atoms with Gasteiger partial charge in [0.05, 0.1) is 12.3 Å². The molecule has 1 fully saturated rings. The number of piperidine rings is 1. The lowest BCUT2D eigenvalue weighted by atomic mass is 9.97. The Hall–Kier alpha value is -1.27. The van der Waals surface area contributed by atoms with Gasteiger partial charge in [-0.1, -0.05) is 6.92 Å². The van der Waals surface area contributed by atoms with E-state index in [1.54, 1.807) is 0 Å². The van der Waals surface area contributed by atoms with Crippen molar-refractivity contribution in [2.75, 3.05) is 6.54 Å². The van der Waals surface area contributed by atoms with Crippen LogP contribution in [0.15, 0.2) is 0 Å². The van der Waals surface area contributed by atoms with Crippen LogP contribution in [-0.2, 0) is 9.59 Å². The van der Waals surface area contributed by atoms with E-state index >= 15 is 0 Å². The van der Waals surface area contributed by atoms with Gasteiger partial charge in [-0.05, 0) is 19.3 Å². The topological polar surface area (TPSA) is 57.6 Å². The second-order valence-electron chi connectivity index (χ2n) is 4.98. The van der Waals surface area contributed by atoms with Gasteiger partial charge in [0.1, 0.15) is 0 Å². The summed E-state index contributed by atoms with van der Waals surface area (Å²) in [5.74, 6) is -3.34. The Kier molecular flexibility index (Phi) is 5.20. The Morgan fingerprint density at radius 2 is 2.00 bits per heavy atom. The molecular formula is C12H18F3NO3. The number of halogens is 3. The van der Waals surface area contributed by atoms with E-state index in [-0.39, 0.29) is 6.42 Å². The van der Waals surface area contributed by atoms with Gasteiger partial charge < -0.3 is 10.0 Å². The fourth-order valence-corrected chi connectivity index (χ4v) is 2.24. The molecule has 1 amide bonds. The van der Waals surface area contributed by atoms with Gasteiger partial charge in [-0.15, -0.1) is 0 Å². The van der Waals surface area contributed by atoms with Gasteiger partial charge in [-0.25, -0.2) is 0 Å². The highest BCUT2D eigenvalue weighted by atomic mass is 19.4. The first-order valence-corrected chi connectivity index (χ1v) is 6.29. The molecule has 1 heterocycles. The van der Waals surface area contributed by atoms with Crippen LogP contribution in [0.25, 0.3) is 0 Å². The van der Waals surface area contributed by atoms with Crippen molar-refractivity contribution in [3.63, 3.8) is 0 Å². The molecule has 1 rings (SSSR count). The maximum absolute atomic E-state index is 12.4. The van der Waals surface area contributed by atoms with E-state index in [2.05, 4.69) is 0 Å². The molecule has 0 aromatic heterocycles. The van der Waals surface area contributed by atoms with Crippen molar-refractivity contribution in [3.8, 4) is 0 Å². The Morgan fingerprint density at radius 1 is 1.37 bits per heavy atom. The number of carboxylic acid groups (broad SMARTS) is 1. The summed E-state index contributed by atoms with van der Waals surface area (Å²) in [7, 11) is 0. The van der Waals surface area contributed by atoms with Crippen LogP contribution in [0.3, 0.4) is 0 Å². The predicted octanol–water partition coefficient (Wildman–Crippen LogP) is 2.43. The molecule has 19 heavy (non-hydrogen) atoms. The van der Waals surface area contributed by atoms with Crippen LogP contribution in [0.5, 0.6) is 0 Å². The normalized spacial score (nSPS) is 22.1. The van der Waals surface area contributed by atoms with E-state index in [4.69, 9.17) is 5.11 Å². The van der Waals surface area contributed by atoms with Crippen LogP contribution in [-0.4, -0.2) is 40.6 Å². The minimum absolute atomic E-state index is 0.202. The molecule has 110 valence electrons. The molecule has 2 unspecified atom stereocenters. The molecule has 2 atom stereocenters. The summed E-state index contributed by atoms with van der Waals surface area (Å²) in [5, 5.41) is 8.76. The molecule has 1 N–H and O–H groups in total. The van der Waals surface area contributed by atoms with E-state index in [9.17, 15) is 22.8 Å². The maximum atomic E-state index is 12.4. The highest BCUT2D eigenvalue weighted by molar-refractivity contribution is 5.78. The number of nitrogens with zero attached hydrogens (tertiary/aromatic N) is 1. The van der Waals surface area contributed by atoms with Gasteiger partial charge in [0, 0.05) is 19.0 Å². The zero-order valence-corrected chi connectivity index (χ0v) is 10.7. The van der Waals surface area contributed by atoms with E-state index < -0.39 is 36.4 Å². The molecule has 7 heteroatoms. The molecule has 0 aromatic rings. The smallest absolute Gasteiger partial charge is 0.392 e. The molecule has 1 saturated heterocycles. The molecule has 1 aliphatic rings. The van der Waals surface area contributed by atoms with Crippen LogP contribution >= 0.6 is 0 Å². The lowest BCUT2D eigenvalue weighted by molar-refractivity contribution is -0.177. The van der Waals surface area contributed by atoms with Gasteiger partial charge >= 0.3 is 12.1 Å². The average Bonchev–Trinajstić information content (AvgIpc) is 2.27. The molecule has 1 aliphatic heterocycles. The van der Waals surface area contributed by atoms with Crippen molar-refractivity contribution in [1.82, 2.24) is 4.90 Å². The molecule has 0 aromatic carbocycles. The molecule has 4 nitrogen and oxygen atoms in total. The highest BCUT2D eigenvalue weighted by Gasteiger charge is 2.39. The number of amides is 1. The quantitative estimate of drug-likeness (QED) is 0.861. The monoisotopic (exact) mass is 281 g/mol. The molecule has 0 spiro atoms. The van der Waals surface area contributed by atoms with E-state index in [0.717, 1.165) is 13.3 Å². The van der Waals surface area contributed by atoms with Gasteiger partial charge in [0.15, 0.2) is 0 Å². The van der Waals surface area contributed by atoms with Crippen molar-refractivity contribution >= 4 is 11.9 Å². The van der Waals surface area contributed by atoms with Crippen LogP contribution in [0.1, 0.15) is 39.0 Å². The number of hydrogen-bond acceptors (Lipinski definition) is 2. The largest absolute Gasteiger partial charge is 0.481 e.